The number of benzene rings is 1. The predicted molar refractivity (Wildman–Crippen MR) is 63.9 cm³/mol. The van der Waals surface area contributed by atoms with E-state index in [0.29, 0.717) is 16.6 Å². The molecule has 4 heteroatoms. The Bertz CT molecular complexity index is 514. The summed E-state index contributed by atoms with van der Waals surface area (Å²) in [6.45, 7) is 0.602. The minimum absolute atomic E-state index is 0.229. The predicted octanol–water partition coefficient (Wildman–Crippen LogP) is 3.03. The molecule has 0 atom stereocenters. The van der Waals surface area contributed by atoms with Gasteiger partial charge < -0.3 is 5.11 Å². The fourth-order valence-electron chi connectivity index (χ4n) is 1.45. The van der Waals surface area contributed by atoms with Crippen molar-refractivity contribution in [3.05, 3.63) is 58.3 Å². The van der Waals surface area contributed by atoms with Crippen LogP contribution in [0, 0.1) is 0 Å². The molecular weight excluding hydrogens is 245 g/mol. The van der Waals surface area contributed by atoms with Crippen LogP contribution in [0.15, 0.2) is 42.7 Å². The molecule has 1 heterocycles. The maximum Gasteiger partial charge on any atom is 0.211 e. The maximum atomic E-state index is 9.33. The highest BCUT2D eigenvalue weighted by molar-refractivity contribution is 6.35. The lowest BCUT2D eigenvalue weighted by Gasteiger charge is -2.01. The summed E-state index contributed by atoms with van der Waals surface area (Å²) < 4.78 is 1.85. The Morgan fingerprint density at radius 1 is 1.19 bits per heavy atom. The fourth-order valence-corrected chi connectivity index (χ4v) is 1.92. The molecule has 0 amide bonds. The molecule has 1 aromatic carbocycles. The van der Waals surface area contributed by atoms with E-state index < -0.39 is 0 Å². The Morgan fingerprint density at radius 3 is 2.69 bits per heavy atom. The second kappa shape index (κ2) is 4.73. The Labute approximate surface area is 104 Å². The molecule has 0 bridgehead atoms. The molecule has 0 saturated heterocycles. The average molecular weight is 255 g/mol. The summed E-state index contributed by atoms with van der Waals surface area (Å²) in [7, 11) is 0. The number of pyridine rings is 1. The summed E-state index contributed by atoms with van der Waals surface area (Å²) in [4.78, 5) is 0. The highest BCUT2D eigenvalue weighted by Crippen LogP contribution is 2.20. The van der Waals surface area contributed by atoms with E-state index >= 15 is 0 Å². The number of aromatic hydroxyl groups is 1. The standard InChI is InChI=1S/C12H9Cl2NO/c13-10-4-3-9(12(14)6-10)7-15-5-1-2-11(16)8-15/h1-6,8H,7H2/p+1. The number of halogens is 2. The number of nitrogens with zero attached hydrogens (tertiary/aromatic N) is 1. The van der Waals surface area contributed by atoms with Crippen molar-refractivity contribution in [3.8, 4) is 5.75 Å². The summed E-state index contributed by atoms with van der Waals surface area (Å²) in [5.41, 5.74) is 0.960. The van der Waals surface area contributed by atoms with E-state index in [-0.39, 0.29) is 5.75 Å². The SMILES string of the molecule is Oc1ccc[n+](Cc2ccc(Cl)cc2Cl)c1. The largest absolute Gasteiger partial charge is 0.503 e. The van der Waals surface area contributed by atoms with Crippen LogP contribution in [0.1, 0.15) is 5.56 Å². The van der Waals surface area contributed by atoms with Gasteiger partial charge in [0.15, 0.2) is 18.5 Å². The molecule has 0 saturated carbocycles. The molecule has 2 rings (SSSR count). The molecule has 1 N–H and O–H groups in total. The Balaban J connectivity index is 2.27. The molecule has 0 aliphatic rings. The molecule has 0 unspecified atom stereocenters. The third-order valence-electron chi connectivity index (χ3n) is 2.21. The van der Waals surface area contributed by atoms with Gasteiger partial charge in [-0.1, -0.05) is 23.2 Å². The molecule has 1 aromatic heterocycles. The van der Waals surface area contributed by atoms with E-state index in [4.69, 9.17) is 23.2 Å². The Hall–Kier alpha value is -1.25. The average Bonchev–Trinajstić information content (AvgIpc) is 2.22. The smallest absolute Gasteiger partial charge is 0.211 e. The van der Waals surface area contributed by atoms with E-state index in [0.717, 1.165) is 5.56 Å². The monoisotopic (exact) mass is 254 g/mol. The van der Waals surface area contributed by atoms with Crippen molar-refractivity contribution in [3.63, 3.8) is 0 Å². The number of aromatic nitrogens is 1. The first kappa shape index (κ1) is 11.2. The van der Waals surface area contributed by atoms with Gasteiger partial charge in [0.2, 0.25) is 6.20 Å². The zero-order valence-corrected chi connectivity index (χ0v) is 9.91. The van der Waals surface area contributed by atoms with Crippen LogP contribution < -0.4 is 4.57 Å². The summed E-state index contributed by atoms with van der Waals surface area (Å²) >= 11 is 11.9. The summed E-state index contributed by atoms with van der Waals surface area (Å²) in [6, 6.07) is 8.79. The van der Waals surface area contributed by atoms with Gasteiger partial charge in [-0.2, -0.15) is 4.57 Å². The third kappa shape index (κ3) is 2.65. The van der Waals surface area contributed by atoms with Crippen molar-refractivity contribution in [2.45, 2.75) is 6.54 Å². The van der Waals surface area contributed by atoms with Crippen molar-refractivity contribution in [2.24, 2.45) is 0 Å². The van der Waals surface area contributed by atoms with Crippen LogP contribution in [0.5, 0.6) is 5.75 Å². The van der Waals surface area contributed by atoms with Gasteiger partial charge in [-0.15, -0.1) is 0 Å². The van der Waals surface area contributed by atoms with E-state index in [1.807, 2.05) is 16.8 Å². The second-order valence-electron chi connectivity index (χ2n) is 3.47. The first-order valence-corrected chi connectivity index (χ1v) is 5.53. The topological polar surface area (TPSA) is 24.1 Å². The lowest BCUT2D eigenvalue weighted by molar-refractivity contribution is -0.688. The van der Waals surface area contributed by atoms with Crippen molar-refractivity contribution in [1.29, 1.82) is 0 Å². The molecule has 2 aromatic rings. The summed E-state index contributed by atoms with van der Waals surface area (Å²) in [5.74, 6) is 0.229. The van der Waals surface area contributed by atoms with E-state index in [1.54, 1.807) is 30.5 Å². The van der Waals surface area contributed by atoms with Crippen molar-refractivity contribution >= 4 is 23.2 Å². The summed E-state index contributed by atoms with van der Waals surface area (Å²) in [6.07, 6.45) is 3.51. The van der Waals surface area contributed by atoms with Crippen molar-refractivity contribution in [2.75, 3.05) is 0 Å². The number of hydrogen-bond donors (Lipinski definition) is 1. The van der Waals surface area contributed by atoms with Gasteiger partial charge in [0, 0.05) is 16.7 Å². The van der Waals surface area contributed by atoms with Gasteiger partial charge in [-0.3, -0.25) is 0 Å². The van der Waals surface area contributed by atoms with Crippen LogP contribution in [-0.4, -0.2) is 5.11 Å². The molecular formula is C12H10Cl2NO+. The Kier molecular flexibility index (Phi) is 3.32. The lowest BCUT2D eigenvalue weighted by atomic mass is 10.2. The van der Waals surface area contributed by atoms with Crippen molar-refractivity contribution in [1.82, 2.24) is 0 Å². The van der Waals surface area contributed by atoms with Crippen LogP contribution in [-0.2, 0) is 6.54 Å². The van der Waals surface area contributed by atoms with Gasteiger partial charge in [-0.25, -0.2) is 0 Å². The fraction of sp³-hybridized carbons (Fsp3) is 0.0833. The first-order valence-electron chi connectivity index (χ1n) is 4.77. The van der Waals surface area contributed by atoms with Crippen LogP contribution in [0.3, 0.4) is 0 Å². The third-order valence-corrected chi connectivity index (χ3v) is 2.80. The molecule has 0 spiro atoms. The normalized spacial score (nSPS) is 10.4. The van der Waals surface area contributed by atoms with Crippen LogP contribution in [0.25, 0.3) is 0 Å². The number of rotatable bonds is 2. The van der Waals surface area contributed by atoms with Gasteiger partial charge in [0.1, 0.15) is 0 Å². The minimum Gasteiger partial charge on any atom is -0.503 e. The van der Waals surface area contributed by atoms with E-state index in [1.165, 1.54) is 0 Å². The van der Waals surface area contributed by atoms with Crippen LogP contribution in [0.4, 0.5) is 0 Å². The molecule has 0 aliphatic carbocycles. The molecule has 82 valence electrons. The van der Waals surface area contributed by atoms with Crippen LogP contribution >= 0.6 is 23.2 Å². The summed E-state index contributed by atoms with van der Waals surface area (Å²) in [5, 5.41) is 10.6. The van der Waals surface area contributed by atoms with Gasteiger partial charge >= 0.3 is 0 Å². The van der Waals surface area contributed by atoms with E-state index in [2.05, 4.69) is 0 Å². The molecule has 0 fully saturated rings. The van der Waals surface area contributed by atoms with Gasteiger partial charge in [-0.05, 0) is 24.3 Å². The van der Waals surface area contributed by atoms with Crippen molar-refractivity contribution < 1.29 is 9.67 Å². The van der Waals surface area contributed by atoms with Crippen LogP contribution in [0.2, 0.25) is 10.0 Å². The van der Waals surface area contributed by atoms with Gasteiger partial charge in [0.25, 0.3) is 0 Å². The quantitative estimate of drug-likeness (QED) is 0.819. The van der Waals surface area contributed by atoms with Gasteiger partial charge in [0.05, 0.1) is 5.02 Å². The highest BCUT2D eigenvalue weighted by Gasteiger charge is 2.07. The molecule has 0 aliphatic heterocycles. The maximum absolute atomic E-state index is 9.33. The Morgan fingerprint density at radius 2 is 2.00 bits per heavy atom. The zero-order chi connectivity index (χ0) is 11.5. The zero-order valence-electron chi connectivity index (χ0n) is 8.40. The first-order chi connectivity index (χ1) is 7.65. The lowest BCUT2D eigenvalue weighted by Crippen LogP contribution is -2.33. The highest BCUT2D eigenvalue weighted by atomic mass is 35.5. The van der Waals surface area contributed by atoms with E-state index in [9.17, 15) is 5.11 Å². The molecule has 16 heavy (non-hydrogen) atoms. The second-order valence-corrected chi connectivity index (χ2v) is 4.31. The molecule has 0 radical (unpaired) electrons. The number of hydrogen-bond acceptors (Lipinski definition) is 1. The molecule has 2 nitrogen and oxygen atoms in total. The minimum atomic E-state index is 0.229.